The standard InChI is InChI=1S/C13H17ClN2S/c1-15-6-8-16(9-7-15)13(17)10-11-2-4-12(14)5-3-11/h2-5H,6-10H2,1H3. The van der Waals surface area contributed by atoms with Crippen LogP contribution in [-0.4, -0.2) is 48.0 Å². The van der Waals surface area contributed by atoms with E-state index in [0.717, 1.165) is 42.6 Å². The summed E-state index contributed by atoms with van der Waals surface area (Å²) in [5.74, 6) is 0. The fourth-order valence-electron chi connectivity index (χ4n) is 1.94. The topological polar surface area (TPSA) is 6.48 Å². The summed E-state index contributed by atoms with van der Waals surface area (Å²) in [5, 5.41) is 0.777. The number of hydrogen-bond donors (Lipinski definition) is 0. The summed E-state index contributed by atoms with van der Waals surface area (Å²) in [5.41, 5.74) is 1.23. The first kappa shape index (κ1) is 12.8. The van der Waals surface area contributed by atoms with Gasteiger partial charge in [0.05, 0.1) is 4.99 Å². The largest absolute Gasteiger partial charge is 0.363 e. The fourth-order valence-corrected chi connectivity index (χ4v) is 2.42. The van der Waals surface area contributed by atoms with Gasteiger partial charge in [-0.15, -0.1) is 0 Å². The van der Waals surface area contributed by atoms with Crippen LogP contribution in [0.4, 0.5) is 0 Å². The van der Waals surface area contributed by atoms with Crippen LogP contribution >= 0.6 is 23.8 Å². The Bertz CT molecular complexity index is 383. The summed E-state index contributed by atoms with van der Waals surface area (Å²) >= 11 is 11.4. The molecule has 0 N–H and O–H groups in total. The van der Waals surface area contributed by atoms with Crippen molar-refractivity contribution in [2.75, 3.05) is 33.2 Å². The van der Waals surface area contributed by atoms with Crippen LogP contribution in [-0.2, 0) is 6.42 Å². The van der Waals surface area contributed by atoms with Crippen LogP contribution in [0.1, 0.15) is 5.56 Å². The van der Waals surface area contributed by atoms with Gasteiger partial charge in [0.15, 0.2) is 0 Å². The predicted octanol–water partition coefficient (Wildman–Crippen LogP) is 2.46. The molecule has 1 fully saturated rings. The van der Waals surface area contributed by atoms with E-state index >= 15 is 0 Å². The number of rotatable bonds is 2. The molecule has 0 saturated carbocycles. The van der Waals surface area contributed by atoms with Gasteiger partial charge < -0.3 is 9.80 Å². The maximum atomic E-state index is 5.86. The summed E-state index contributed by atoms with van der Waals surface area (Å²) in [6, 6.07) is 7.93. The van der Waals surface area contributed by atoms with Gasteiger partial charge in [0, 0.05) is 37.6 Å². The maximum Gasteiger partial charge on any atom is 0.0824 e. The summed E-state index contributed by atoms with van der Waals surface area (Å²) in [4.78, 5) is 5.69. The minimum Gasteiger partial charge on any atom is -0.363 e. The fraction of sp³-hybridized carbons (Fsp3) is 0.462. The van der Waals surface area contributed by atoms with E-state index in [4.69, 9.17) is 23.8 Å². The van der Waals surface area contributed by atoms with Crippen molar-refractivity contribution in [2.45, 2.75) is 6.42 Å². The molecule has 92 valence electrons. The first-order valence-electron chi connectivity index (χ1n) is 5.86. The van der Waals surface area contributed by atoms with E-state index in [1.165, 1.54) is 5.56 Å². The minimum absolute atomic E-state index is 0.777. The second-order valence-corrected chi connectivity index (χ2v) is 5.39. The van der Waals surface area contributed by atoms with Crippen LogP contribution in [0.25, 0.3) is 0 Å². The average Bonchev–Trinajstić information content (AvgIpc) is 2.33. The predicted molar refractivity (Wildman–Crippen MR) is 76.8 cm³/mol. The molecule has 0 atom stereocenters. The molecule has 2 nitrogen and oxygen atoms in total. The number of nitrogens with zero attached hydrogens (tertiary/aromatic N) is 2. The first-order valence-corrected chi connectivity index (χ1v) is 6.64. The van der Waals surface area contributed by atoms with Crippen LogP contribution < -0.4 is 0 Å². The van der Waals surface area contributed by atoms with Crippen molar-refractivity contribution in [2.24, 2.45) is 0 Å². The second kappa shape index (κ2) is 5.80. The van der Waals surface area contributed by atoms with Crippen LogP contribution in [0.15, 0.2) is 24.3 Å². The van der Waals surface area contributed by atoms with Crippen molar-refractivity contribution in [1.82, 2.24) is 9.80 Å². The molecule has 1 aliphatic rings. The molecule has 0 radical (unpaired) electrons. The van der Waals surface area contributed by atoms with Gasteiger partial charge in [-0.05, 0) is 24.7 Å². The lowest BCUT2D eigenvalue weighted by Gasteiger charge is -2.34. The highest BCUT2D eigenvalue weighted by molar-refractivity contribution is 7.80. The van der Waals surface area contributed by atoms with E-state index in [1.54, 1.807) is 0 Å². The van der Waals surface area contributed by atoms with Gasteiger partial charge in [0.1, 0.15) is 0 Å². The number of halogens is 1. The van der Waals surface area contributed by atoms with Gasteiger partial charge in [-0.25, -0.2) is 0 Å². The van der Waals surface area contributed by atoms with Crippen LogP contribution in [0, 0.1) is 0 Å². The Kier molecular flexibility index (Phi) is 4.37. The Balaban J connectivity index is 1.90. The van der Waals surface area contributed by atoms with Gasteiger partial charge in [-0.2, -0.15) is 0 Å². The second-order valence-electron chi connectivity index (χ2n) is 4.49. The summed E-state index contributed by atoms with van der Waals surface area (Å²) in [6.07, 6.45) is 0.843. The molecular weight excluding hydrogens is 252 g/mol. The van der Waals surface area contributed by atoms with Gasteiger partial charge in [0.2, 0.25) is 0 Å². The molecule has 4 heteroatoms. The highest BCUT2D eigenvalue weighted by Gasteiger charge is 2.16. The van der Waals surface area contributed by atoms with Gasteiger partial charge in [0.25, 0.3) is 0 Å². The minimum atomic E-state index is 0.777. The summed E-state index contributed by atoms with van der Waals surface area (Å²) in [7, 11) is 2.15. The summed E-state index contributed by atoms with van der Waals surface area (Å²) in [6.45, 7) is 4.29. The van der Waals surface area contributed by atoms with Crippen molar-refractivity contribution >= 4 is 28.8 Å². The van der Waals surface area contributed by atoms with Crippen molar-refractivity contribution in [3.05, 3.63) is 34.9 Å². The molecule has 1 heterocycles. The van der Waals surface area contributed by atoms with Crippen molar-refractivity contribution in [3.8, 4) is 0 Å². The molecule has 0 amide bonds. The lowest BCUT2D eigenvalue weighted by molar-refractivity contribution is 0.216. The molecule has 0 spiro atoms. The van der Waals surface area contributed by atoms with Crippen molar-refractivity contribution in [1.29, 1.82) is 0 Å². The third-order valence-electron chi connectivity index (χ3n) is 3.12. The normalized spacial score (nSPS) is 17.2. The third-order valence-corrected chi connectivity index (χ3v) is 3.78. The zero-order valence-electron chi connectivity index (χ0n) is 10.0. The Labute approximate surface area is 113 Å². The molecule has 1 aromatic carbocycles. The molecular formula is C13H17ClN2S. The van der Waals surface area contributed by atoms with E-state index in [1.807, 2.05) is 24.3 Å². The quantitative estimate of drug-likeness (QED) is 0.761. The monoisotopic (exact) mass is 268 g/mol. The van der Waals surface area contributed by atoms with E-state index in [-0.39, 0.29) is 0 Å². The van der Waals surface area contributed by atoms with E-state index in [0.29, 0.717) is 0 Å². The zero-order chi connectivity index (χ0) is 12.3. The Hall–Kier alpha value is -0.640. The number of likely N-dealkylation sites (N-methyl/N-ethyl adjacent to an activating group) is 1. The molecule has 17 heavy (non-hydrogen) atoms. The third kappa shape index (κ3) is 3.66. The van der Waals surface area contributed by atoms with Gasteiger partial charge >= 0.3 is 0 Å². The molecule has 0 bridgehead atoms. The average molecular weight is 269 g/mol. The molecule has 2 rings (SSSR count). The van der Waals surface area contributed by atoms with E-state index in [9.17, 15) is 0 Å². The van der Waals surface area contributed by atoms with Crippen molar-refractivity contribution < 1.29 is 0 Å². The molecule has 1 saturated heterocycles. The molecule has 1 aromatic rings. The SMILES string of the molecule is CN1CCN(C(=S)Cc2ccc(Cl)cc2)CC1. The molecule has 0 unspecified atom stereocenters. The van der Waals surface area contributed by atoms with E-state index < -0.39 is 0 Å². The zero-order valence-corrected chi connectivity index (χ0v) is 11.6. The molecule has 1 aliphatic heterocycles. The smallest absolute Gasteiger partial charge is 0.0824 e. The number of thiocarbonyl (C=S) groups is 1. The lowest BCUT2D eigenvalue weighted by Crippen LogP contribution is -2.47. The highest BCUT2D eigenvalue weighted by Crippen LogP contribution is 2.12. The van der Waals surface area contributed by atoms with Crippen LogP contribution in [0.2, 0.25) is 5.02 Å². The maximum absolute atomic E-state index is 5.86. The lowest BCUT2D eigenvalue weighted by atomic mass is 10.1. The van der Waals surface area contributed by atoms with Crippen molar-refractivity contribution in [3.63, 3.8) is 0 Å². The van der Waals surface area contributed by atoms with E-state index in [2.05, 4.69) is 16.8 Å². The van der Waals surface area contributed by atoms with Crippen LogP contribution in [0.3, 0.4) is 0 Å². The highest BCUT2D eigenvalue weighted by atomic mass is 35.5. The summed E-state index contributed by atoms with van der Waals surface area (Å²) < 4.78 is 0. The molecule has 0 aliphatic carbocycles. The Morgan fingerprint density at radius 1 is 1.18 bits per heavy atom. The first-order chi connectivity index (χ1) is 8.15. The molecule has 0 aromatic heterocycles. The van der Waals surface area contributed by atoms with Gasteiger partial charge in [-0.1, -0.05) is 36.0 Å². The Morgan fingerprint density at radius 3 is 2.35 bits per heavy atom. The number of hydrogen-bond acceptors (Lipinski definition) is 2. The number of piperazine rings is 1. The van der Waals surface area contributed by atoms with Crippen LogP contribution in [0.5, 0.6) is 0 Å². The Morgan fingerprint density at radius 2 is 1.76 bits per heavy atom. The number of benzene rings is 1. The van der Waals surface area contributed by atoms with Gasteiger partial charge in [-0.3, -0.25) is 0 Å².